The molecule has 2 N–H and O–H groups in total. The topological polar surface area (TPSA) is 56.7 Å². The molecule has 0 aliphatic carbocycles. The van der Waals surface area contributed by atoms with Crippen molar-refractivity contribution in [2.24, 2.45) is 0 Å². The molecule has 2 aromatic rings. The summed E-state index contributed by atoms with van der Waals surface area (Å²) in [5.41, 5.74) is 6.86. The molecule has 0 aliphatic heterocycles. The summed E-state index contributed by atoms with van der Waals surface area (Å²) in [5.74, 6) is 1.22. The fraction of sp³-hybridized carbons (Fsp3) is 0.273. The van der Waals surface area contributed by atoms with Gasteiger partial charge in [-0.2, -0.15) is 10.1 Å². The van der Waals surface area contributed by atoms with E-state index in [1.54, 1.807) is 4.68 Å². The Kier molecular flexibility index (Phi) is 3.10. The standard InChI is InChI=1S/C11H13ClN4/c1-2-10-14-11(13)16(15-10)7-8-3-5-9(12)6-4-8/h3-6H,2,7H2,1H3,(H2,13,14,15). The number of aromatic nitrogens is 3. The van der Waals surface area contributed by atoms with Crippen LogP contribution in [0.3, 0.4) is 0 Å². The Labute approximate surface area is 99.1 Å². The molecule has 0 spiro atoms. The van der Waals surface area contributed by atoms with Gasteiger partial charge in [0.05, 0.1) is 6.54 Å². The predicted molar refractivity (Wildman–Crippen MR) is 64.4 cm³/mol. The first kappa shape index (κ1) is 11.0. The largest absolute Gasteiger partial charge is 0.368 e. The van der Waals surface area contributed by atoms with E-state index >= 15 is 0 Å². The fourth-order valence-electron chi connectivity index (χ4n) is 1.43. The van der Waals surface area contributed by atoms with Crippen LogP contribution in [0.1, 0.15) is 18.3 Å². The zero-order valence-corrected chi connectivity index (χ0v) is 9.78. The van der Waals surface area contributed by atoms with Crippen LogP contribution in [0.25, 0.3) is 0 Å². The zero-order chi connectivity index (χ0) is 11.5. The minimum Gasteiger partial charge on any atom is -0.368 e. The SMILES string of the molecule is CCc1nc(N)n(Cc2ccc(Cl)cc2)n1. The van der Waals surface area contributed by atoms with Gasteiger partial charge in [-0.1, -0.05) is 30.7 Å². The number of halogens is 1. The number of nitrogens with two attached hydrogens (primary N) is 1. The molecule has 0 radical (unpaired) electrons. The minimum atomic E-state index is 0.451. The summed E-state index contributed by atoms with van der Waals surface area (Å²) in [6.45, 7) is 2.62. The third-order valence-electron chi connectivity index (χ3n) is 2.31. The van der Waals surface area contributed by atoms with Crippen molar-refractivity contribution in [3.8, 4) is 0 Å². The second-order valence-corrected chi connectivity index (χ2v) is 3.96. The van der Waals surface area contributed by atoms with Crippen LogP contribution in [0, 0.1) is 0 Å². The molecule has 1 aromatic carbocycles. The first-order chi connectivity index (χ1) is 7.69. The van der Waals surface area contributed by atoms with E-state index in [1.165, 1.54) is 0 Å². The monoisotopic (exact) mass is 236 g/mol. The lowest BCUT2D eigenvalue weighted by Gasteiger charge is -2.02. The number of rotatable bonds is 3. The molecule has 0 atom stereocenters. The Balaban J connectivity index is 2.19. The van der Waals surface area contributed by atoms with E-state index in [1.807, 2.05) is 31.2 Å². The lowest BCUT2D eigenvalue weighted by molar-refractivity contribution is 0.683. The smallest absolute Gasteiger partial charge is 0.219 e. The highest BCUT2D eigenvalue weighted by Crippen LogP contribution is 2.11. The molecule has 0 fully saturated rings. The molecule has 0 aliphatic rings. The van der Waals surface area contributed by atoms with E-state index < -0.39 is 0 Å². The molecule has 1 aromatic heterocycles. The quantitative estimate of drug-likeness (QED) is 0.888. The first-order valence-corrected chi connectivity index (χ1v) is 5.50. The normalized spacial score (nSPS) is 10.6. The van der Waals surface area contributed by atoms with Crippen LogP contribution < -0.4 is 5.73 Å². The Morgan fingerprint density at radius 1 is 1.31 bits per heavy atom. The zero-order valence-electron chi connectivity index (χ0n) is 9.02. The third-order valence-corrected chi connectivity index (χ3v) is 2.56. The lowest BCUT2D eigenvalue weighted by Crippen LogP contribution is -2.06. The van der Waals surface area contributed by atoms with E-state index in [0.717, 1.165) is 22.8 Å². The maximum atomic E-state index is 5.81. The van der Waals surface area contributed by atoms with Crippen molar-refractivity contribution in [3.63, 3.8) is 0 Å². The molecule has 5 heteroatoms. The van der Waals surface area contributed by atoms with Gasteiger partial charge in [0.25, 0.3) is 0 Å². The Morgan fingerprint density at radius 3 is 2.56 bits per heavy atom. The minimum absolute atomic E-state index is 0.451. The highest BCUT2D eigenvalue weighted by atomic mass is 35.5. The Morgan fingerprint density at radius 2 is 2.00 bits per heavy atom. The van der Waals surface area contributed by atoms with Crippen molar-refractivity contribution in [1.29, 1.82) is 0 Å². The molecule has 4 nitrogen and oxygen atoms in total. The van der Waals surface area contributed by atoms with Gasteiger partial charge in [0.15, 0.2) is 5.82 Å². The van der Waals surface area contributed by atoms with Gasteiger partial charge in [0.2, 0.25) is 5.95 Å². The average molecular weight is 237 g/mol. The van der Waals surface area contributed by atoms with Crippen LogP contribution in [-0.4, -0.2) is 14.8 Å². The molecule has 0 saturated carbocycles. The molecule has 84 valence electrons. The van der Waals surface area contributed by atoms with Crippen molar-refractivity contribution >= 4 is 17.5 Å². The summed E-state index contributed by atoms with van der Waals surface area (Å²) in [6, 6.07) is 7.61. The summed E-state index contributed by atoms with van der Waals surface area (Å²) in [4.78, 5) is 4.15. The molecular formula is C11H13ClN4. The van der Waals surface area contributed by atoms with Crippen molar-refractivity contribution in [1.82, 2.24) is 14.8 Å². The number of hydrogen-bond donors (Lipinski definition) is 1. The van der Waals surface area contributed by atoms with Crippen molar-refractivity contribution in [3.05, 3.63) is 40.7 Å². The predicted octanol–water partition coefficient (Wildman–Crippen LogP) is 2.12. The van der Waals surface area contributed by atoms with Crippen LogP contribution in [0.15, 0.2) is 24.3 Å². The number of hydrogen-bond acceptors (Lipinski definition) is 3. The van der Waals surface area contributed by atoms with Gasteiger partial charge in [0.1, 0.15) is 0 Å². The van der Waals surface area contributed by atoms with Crippen LogP contribution in [0.2, 0.25) is 5.02 Å². The van der Waals surface area contributed by atoms with Gasteiger partial charge in [-0.3, -0.25) is 0 Å². The van der Waals surface area contributed by atoms with Crippen molar-refractivity contribution in [2.45, 2.75) is 19.9 Å². The summed E-state index contributed by atoms with van der Waals surface area (Å²) < 4.78 is 1.70. The van der Waals surface area contributed by atoms with E-state index in [9.17, 15) is 0 Å². The summed E-state index contributed by atoms with van der Waals surface area (Å²) in [6.07, 6.45) is 0.790. The van der Waals surface area contributed by atoms with Crippen molar-refractivity contribution in [2.75, 3.05) is 5.73 Å². The van der Waals surface area contributed by atoms with E-state index in [2.05, 4.69) is 10.1 Å². The van der Waals surface area contributed by atoms with Gasteiger partial charge >= 0.3 is 0 Å². The summed E-state index contributed by atoms with van der Waals surface area (Å²) >= 11 is 5.81. The van der Waals surface area contributed by atoms with Crippen LogP contribution in [0.5, 0.6) is 0 Å². The van der Waals surface area contributed by atoms with E-state index in [-0.39, 0.29) is 0 Å². The molecule has 16 heavy (non-hydrogen) atoms. The highest BCUT2D eigenvalue weighted by molar-refractivity contribution is 6.30. The summed E-state index contributed by atoms with van der Waals surface area (Å²) in [5, 5.41) is 5.02. The lowest BCUT2D eigenvalue weighted by atomic mass is 10.2. The maximum Gasteiger partial charge on any atom is 0.219 e. The van der Waals surface area contributed by atoms with Gasteiger partial charge in [-0.25, -0.2) is 4.68 Å². The van der Waals surface area contributed by atoms with Gasteiger partial charge in [-0.15, -0.1) is 0 Å². The van der Waals surface area contributed by atoms with E-state index in [0.29, 0.717) is 12.5 Å². The first-order valence-electron chi connectivity index (χ1n) is 5.12. The van der Waals surface area contributed by atoms with Crippen molar-refractivity contribution < 1.29 is 0 Å². The number of nitrogen functional groups attached to an aromatic ring is 1. The Hall–Kier alpha value is -1.55. The fourth-order valence-corrected chi connectivity index (χ4v) is 1.56. The Bertz CT molecular complexity index is 475. The second kappa shape index (κ2) is 4.53. The number of nitrogens with zero attached hydrogens (tertiary/aromatic N) is 3. The molecule has 2 rings (SSSR count). The molecule has 0 amide bonds. The van der Waals surface area contributed by atoms with Gasteiger partial charge in [0, 0.05) is 11.4 Å². The molecular weight excluding hydrogens is 224 g/mol. The van der Waals surface area contributed by atoms with Gasteiger partial charge < -0.3 is 5.73 Å². The summed E-state index contributed by atoms with van der Waals surface area (Å²) in [7, 11) is 0. The van der Waals surface area contributed by atoms with E-state index in [4.69, 9.17) is 17.3 Å². The van der Waals surface area contributed by atoms with Crippen LogP contribution >= 0.6 is 11.6 Å². The average Bonchev–Trinajstić information content (AvgIpc) is 2.63. The molecule has 1 heterocycles. The molecule has 0 unspecified atom stereocenters. The molecule has 0 bridgehead atoms. The molecule has 0 saturated heterocycles. The number of aryl methyl sites for hydroxylation is 1. The van der Waals surface area contributed by atoms with Crippen LogP contribution in [0.4, 0.5) is 5.95 Å². The number of anilines is 1. The number of benzene rings is 1. The van der Waals surface area contributed by atoms with Crippen LogP contribution in [-0.2, 0) is 13.0 Å². The second-order valence-electron chi connectivity index (χ2n) is 3.52. The third kappa shape index (κ3) is 2.33. The van der Waals surface area contributed by atoms with Gasteiger partial charge in [-0.05, 0) is 17.7 Å². The maximum absolute atomic E-state index is 5.81. The highest BCUT2D eigenvalue weighted by Gasteiger charge is 2.05.